The molecule has 1 atom stereocenters. The maximum atomic E-state index is 13.7. The van der Waals surface area contributed by atoms with Gasteiger partial charge in [-0.05, 0) is 72.2 Å². The van der Waals surface area contributed by atoms with Crippen molar-refractivity contribution < 1.29 is 19.1 Å². The third-order valence-electron chi connectivity index (χ3n) is 8.21. The lowest BCUT2D eigenvalue weighted by atomic mass is 10.0. The van der Waals surface area contributed by atoms with Gasteiger partial charge in [0, 0.05) is 24.0 Å². The SMILES string of the molecule is O=C(c1cc2cc(C3CC3)ccc2[nH]1)N1CC(=O)N(Cc2cccc(OC3COC3)c2)[C@@H](Cc2ccccc2)C1. The van der Waals surface area contributed by atoms with E-state index in [4.69, 9.17) is 9.47 Å². The van der Waals surface area contributed by atoms with Crippen LogP contribution in [0.25, 0.3) is 10.9 Å². The first-order valence-corrected chi connectivity index (χ1v) is 14.2. The highest BCUT2D eigenvalue weighted by Crippen LogP contribution is 2.41. The molecule has 0 radical (unpaired) electrons. The van der Waals surface area contributed by atoms with Crippen molar-refractivity contribution >= 4 is 22.7 Å². The number of benzene rings is 3. The maximum absolute atomic E-state index is 13.7. The van der Waals surface area contributed by atoms with Gasteiger partial charge < -0.3 is 24.3 Å². The van der Waals surface area contributed by atoms with Crippen LogP contribution in [0.5, 0.6) is 5.75 Å². The number of nitrogens with one attached hydrogen (secondary N) is 1. The quantitative estimate of drug-likeness (QED) is 0.348. The normalized spacial score (nSPS) is 19.6. The second kappa shape index (κ2) is 10.5. The maximum Gasteiger partial charge on any atom is 0.270 e. The molecule has 0 bridgehead atoms. The monoisotopic (exact) mass is 535 g/mol. The van der Waals surface area contributed by atoms with E-state index in [-0.39, 0.29) is 30.5 Å². The van der Waals surface area contributed by atoms with Crippen LogP contribution in [0.4, 0.5) is 0 Å². The van der Waals surface area contributed by atoms with Crippen molar-refractivity contribution in [2.45, 2.75) is 43.9 Å². The average molecular weight is 536 g/mol. The van der Waals surface area contributed by atoms with E-state index in [9.17, 15) is 9.59 Å². The largest absolute Gasteiger partial charge is 0.486 e. The van der Waals surface area contributed by atoms with Crippen molar-refractivity contribution in [2.24, 2.45) is 0 Å². The van der Waals surface area contributed by atoms with Gasteiger partial charge >= 0.3 is 0 Å². The molecule has 7 nitrogen and oxygen atoms in total. The Labute approximate surface area is 233 Å². The minimum atomic E-state index is -0.150. The number of piperazine rings is 1. The van der Waals surface area contributed by atoms with E-state index in [1.54, 1.807) is 4.90 Å². The first-order chi connectivity index (χ1) is 19.6. The van der Waals surface area contributed by atoms with Crippen LogP contribution in [0, 0.1) is 0 Å². The molecule has 0 spiro atoms. The van der Waals surface area contributed by atoms with Crippen LogP contribution in [0.3, 0.4) is 0 Å². The first-order valence-electron chi connectivity index (χ1n) is 14.2. The number of nitrogens with zero attached hydrogens (tertiary/aromatic N) is 2. The number of carbonyl (C=O) groups excluding carboxylic acids is 2. The number of aromatic nitrogens is 1. The molecule has 3 fully saturated rings. The van der Waals surface area contributed by atoms with E-state index in [2.05, 4.69) is 35.3 Å². The van der Waals surface area contributed by atoms with Crippen LogP contribution in [0.1, 0.15) is 45.9 Å². The zero-order valence-electron chi connectivity index (χ0n) is 22.4. The molecule has 2 amide bonds. The van der Waals surface area contributed by atoms with Crippen molar-refractivity contribution in [1.82, 2.24) is 14.8 Å². The molecule has 1 N–H and O–H groups in total. The van der Waals surface area contributed by atoms with E-state index in [0.717, 1.165) is 27.8 Å². The second-order valence-electron chi connectivity index (χ2n) is 11.3. The Balaban J connectivity index is 1.12. The van der Waals surface area contributed by atoms with Crippen molar-refractivity contribution in [2.75, 3.05) is 26.3 Å². The molecule has 1 aromatic heterocycles. The summed E-state index contributed by atoms with van der Waals surface area (Å²) in [5.41, 5.74) is 4.97. The van der Waals surface area contributed by atoms with Gasteiger partial charge in [0.25, 0.3) is 5.91 Å². The van der Waals surface area contributed by atoms with Gasteiger partial charge in [-0.2, -0.15) is 0 Å². The summed E-state index contributed by atoms with van der Waals surface area (Å²) < 4.78 is 11.2. The number of carbonyl (C=O) groups is 2. The molecule has 2 saturated heterocycles. The Morgan fingerprint density at radius 1 is 0.950 bits per heavy atom. The molecule has 204 valence electrons. The third kappa shape index (κ3) is 5.21. The van der Waals surface area contributed by atoms with Crippen molar-refractivity contribution in [3.8, 4) is 5.75 Å². The minimum Gasteiger partial charge on any atom is -0.486 e. The van der Waals surface area contributed by atoms with Crippen molar-refractivity contribution in [3.63, 3.8) is 0 Å². The Morgan fingerprint density at radius 2 is 1.77 bits per heavy atom. The predicted molar refractivity (Wildman–Crippen MR) is 152 cm³/mol. The summed E-state index contributed by atoms with van der Waals surface area (Å²) in [4.78, 5) is 34.3. The number of fused-ring (bicyclic) bond motifs is 1. The van der Waals surface area contributed by atoms with Crippen molar-refractivity contribution in [3.05, 3.63) is 101 Å². The average Bonchev–Trinajstić information content (AvgIpc) is 3.71. The van der Waals surface area contributed by atoms with Crippen LogP contribution >= 0.6 is 0 Å². The van der Waals surface area contributed by atoms with Gasteiger partial charge in [0.05, 0.1) is 19.3 Å². The zero-order valence-corrected chi connectivity index (χ0v) is 22.4. The first kappa shape index (κ1) is 24.9. The van der Waals surface area contributed by atoms with Crippen LogP contribution in [0.2, 0.25) is 0 Å². The van der Waals surface area contributed by atoms with Crippen molar-refractivity contribution in [1.29, 1.82) is 0 Å². The molecule has 40 heavy (non-hydrogen) atoms. The number of amides is 2. The Hall–Kier alpha value is -4.10. The van der Waals surface area contributed by atoms with Gasteiger partial charge in [0.1, 0.15) is 24.1 Å². The summed E-state index contributed by atoms with van der Waals surface area (Å²) in [7, 11) is 0. The zero-order chi connectivity index (χ0) is 27.1. The van der Waals surface area contributed by atoms with E-state index in [0.29, 0.717) is 44.3 Å². The van der Waals surface area contributed by atoms with Crippen LogP contribution < -0.4 is 4.74 Å². The van der Waals surface area contributed by atoms with E-state index in [1.165, 1.54) is 18.4 Å². The van der Waals surface area contributed by atoms with Gasteiger partial charge in [-0.3, -0.25) is 9.59 Å². The fourth-order valence-corrected chi connectivity index (χ4v) is 5.80. The van der Waals surface area contributed by atoms with Crippen LogP contribution in [-0.4, -0.2) is 65.0 Å². The molecule has 7 rings (SSSR count). The van der Waals surface area contributed by atoms with E-state index in [1.807, 2.05) is 53.4 Å². The van der Waals surface area contributed by atoms with Gasteiger partial charge in [0.15, 0.2) is 0 Å². The number of rotatable bonds is 8. The minimum absolute atomic E-state index is 0.0497. The molecule has 1 saturated carbocycles. The molecular formula is C33H33N3O4. The summed E-state index contributed by atoms with van der Waals surface area (Å²) in [6.45, 7) is 2.21. The van der Waals surface area contributed by atoms with Gasteiger partial charge in [-0.15, -0.1) is 0 Å². The molecule has 4 aromatic rings. The molecule has 3 aromatic carbocycles. The highest BCUT2D eigenvalue weighted by molar-refractivity contribution is 6.00. The van der Waals surface area contributed by atoms with Gasteiger partial charge in [0.2, 0.25) is 5.91 Å². The predicted octanol–water partition coefficient (Wildman–Crippen LogP) is 4.92. The van der Waals surface area contributed by atoms with Gasteiger partial charge in [-0.25, -0.2) is 0 Å². The molecule has 7 heteroatoms. The van der Waals surface area contributed by atoms with Gasteiger partial charge in [-0.1, -0.05) is 48.5 Å². The van der Waals surface area contributed by atoms with Crippen LogP contribution in [0.15, 0.2) is 78.9 Å². The summed E-state index contributed by atoms with van der Waals surface area (Å²) in [6.07, 6.45) is 3.24. The topological polar surface area (TPSA) is 74.9 Å². The summed E-state index contributed by atoms with van der Waals surface area (Å²) in [5.74, 6) is 1.26. The highest BCUT2D eigenvalue weighted by atomic mass is 16.6. The molecule has 3 heterocycles. The number of ether oxygens (including phenoxy) is 2. The molecule has 3 aliphatic rings. The summed E-state index contributed by atoms with van der Waals surface area (Å²) in [6, 6.07) is 26.3. The summed E-state index contributed by atoms with van der Waals surface area (Å²) >= 11 is 0. The number of hydrogen-bond acceptors (Lipinski definition) is 4. The van der Waals surface area contributed by atoms with E-state index >= 15 is 0 Å². The Morgan fingerprint density at radius 3 is 2.55 bits per heavy atom. The summed E-state index contributed by atoms with van der Waals surface area (Å²) in [5, 5.41) is 1.05. The third-order valence-corrected chi connectivity index (χ3v) is 8.21. The Bertz CT molecular complexity index is 1540. The molecule has 0 unspecified atom stereocenters. The Kier molecular flexibility index (Phi) is 6.52. The fourth-order valence-electron chi connectivity index (χ4n) is 5.80. The number of H-pyrrole nitrogens is 1. The van der Waals surface area contributed by atoms with E-state index < -0.39 is 0 Å². The smallest absolute Gasteiger partial charge is 0.270 e. The number of hydrogen-bond donors (Lipinski definition) is 1. The number of aromatic amines is 1. The lowest BCUT2D eigenvalue weighted by Crippen LogP contribution is -2.58. The second-order valence-corrected chi connectivity index (χ2v) is 11.3. The van der Waals surface area contributed by atoms with Crippen LogP contribution in [-0.2, 0) is 22.5 Å². The highest BCUT2D eigenvalue weighted by Gasteiger charge is 2.36. The molecule has 1 aliphatic carbocycles. The lowest BCUT2D eigenvalue weighted by molar-refractivity contribution is -0.139. The molecular weight excluding hydrogens is 502 g/mol. The fraction of sp³-hybridized carbons (Fsp3) is 0.333. The standard InChI is InChI=1S/C33H33N3O4/c37-32-19-35(33(38)31-16-26-15-25(24-9-10-24)11-12-30(26)34-31)18-27(13-22-5-2-1-3-6-22)36(32)17-23-7-4-8-28(14-23)40-29-20-39-21-29/h1-8,11-12,14-16,24,27,29,34H,9-10,13,17-21H2/t27-/m0/s1. The lowest BCUT2D eigenvalue weighted by Gasteiger charge is -2.41. The molecule has 2 aliphatic heterocycles.